The average Bonchev–Trinajstić information content (AvgIpc) is 3.07. The van der Waals surface area contributed by atoms with Crippen LogP contribution in [-0.2, 0) is 13.5 Å². The van der Waals surface area contributed by atoms with Gasteiger partial charge in [0.15, 0.2) is 0 Å². The van der Waals surface area contributed by atoms with Crippen LogP contribution in [0.15, 0.2) is 24.3 Å². The topological polar surface area (TPSA) is 43.8 Å². The summed E-state index contributed by atoms with van der Waals surface area (Å²) in [6, 6.07) is 8.66. The van der Waals surface area contributed by atoms with Crippen molar-refractivity contribution in [2.45, 2.75) is 51.0 Å². The first-order valence-corrected chi connectivity index (χ1v) is 7.90. The van der Waals surface area contributed by atoms with Gasteiger partial charge < -0.3 is 5.73 Å². The van der Waals surface area contributed by atoms with Crippen molar-refractivity contribution < 1.29 is 0 Å². The minimum atomic E-state index is 0.244. The average molecular weight is 271 g/mol. The lowest BCUT2D eigenvalue weighted by Crippen LogP contribution is -2.24. The zero-order chi connectivity index (χ0) is 13.9. The lowest BCUT2D eigenvalue weighted by Gasteiger charge is -2.13. The maximum absolute atomic E-state index is 6.33. The summed E-state index contributed by atoms with van der Waals surface area (Å²) in [6.45, 7) is 0. The third-order valence-corrected chi connectivity index (χ3v) is 4.71. The number of benzene rings is 1. The van der Waals surface area contributed by atoms with Gasteiger partial charge in [0.05, 0.1) is 11.2 Å². The first-order valence-electron chi connectivity index (χ1n) is 7.90. The van der Waals surface area contributed by atoms with Crippen molar-refractivity contribution in [3.05, 3.63) is 30.0 Å². The highest BCUT2D eigenvalue weighted by molar-refractivity contribution is 5.81. The normalized spacial score (nSPS) is 17.9. The van der Waals surface area contributed by atoms with Gasteiger partial charge in [0.25, 0.3) is 0 Å². The molecular formula is C17H25N3. The molecule has 1 aliphatic carbocycles. The molecule has 0 bridgehead atoms. The quantitative estimate of drug-likeness (QED) is 0.905. The summed E-state index contributed by atoms with van der Waals surface area (Å²) in [5, 5.41) is 5.90. The number of hydrogen-bond donors (Lipinski definition) is 1. The zero-order valence-electron chi connectivity index (χ0n) is 12.4. The molecule has 0 amide bonds. The maximum atomic E-state index is 6.33. The Morgan fingerprint density at radius 3 is 2.85 bits per heavy atom. The van der Waals surface area contributed by atoms with Gasteiger partial charge >= 0.3 is 0 Å². The van der Waals surface area contributed by atoms with Gasteiger partial charge in [-0.2, -0.15) is 5.10 Å². The first kappa shape index (κ1) is 13.6. The van der Waals surface area contributed by atoms with Crippen molar-refractivity contribution >= 4 is 10.9 Å². The van der Waals surface area contributed by atoms with Gasteiger partial charge in [0, 0.05) is 24.9 Å². The molecule has 1 aromatic carbocycles. The van der Waals surface area contributed by atoms with Crippen molar-refractivity contribution in [3.63, 3.8) is 0 Å². The van der Waals surface area contributed by atoms with E-state index in [0.29, 0.717) is 0 Å². The lowest BCUT2D eigenvalue weighted by atomic mass is 9.96. The molecule has 3 rings (SSSR count). The van der Waals surface area contributed by atoms with Crippen LogP contribution in [0.3, 0.4) is 0 Å². The van der Waals surface area contributed by atoms with E-state index in [1.54, 1.807) is 0 Å². The summed E-state index contributed by atoms with van der Waals surface area (Å²) in [7, 11) is 2.01. The summed E-state index contributed by atoms with van der Waals surface area (Å²) in [4.78, 5) is 0. The SMILES string of the molecule is Cn1nc(CC(N)CCC2CCCC2)c2ccccc21. The van der Waals surface area contributed by atoms with Crippen LogP contribution in [0.5, 0.6) is 0 Å². The Morgan fingerprint density at radius 2 is 2.05 bits per heavy atom. The minimum absolute atomic E-state index is 0.244. The molecule has 2 N–H and O–H groups in total. The second kappa shape index (κ2) is 5.96. The third kappa shape index (κ3) is 2.88. The molecule has 0 saturated heterocycles. The van der Waals surface area contributed by atoms with E-state index in [1.165, 1.54) is 43.0 Å². The molecule has 1 aromatic heterocycles. The van der Waals surface area contributed by atoms with Crippen molar-refractivity contribution in [1.82, 2.24) is 9.78 Å². The molecular weight excluding hydrogens is 246 g/mol. The van der Waals surface area contributed by atoms with Crippen LogP contribution in [0.2, 0.25) is 0 Å². The summed E-state index contributed by atoms with van der Waals surface area (Å²) < 4.78 is 1.97. The zero-order valence-corrected chi connectivity index (χ0v) is 12.4. The second-order valence-corrected chi connectivity index (χ2v) is 6.28. The van der Waals surface area contributed by atoms with E-state index in [-0.39, 0.29) is 6.04 Å². The van der Waals surface area contributed by atoms with Crippen molar-refractivity contribution in [1.29, 1.82) is 0 Å². The number of aromatic nitrogens is 2. The smallest absolute Gasteiger partial charge is 0.0718 e. The number of rotatable bonds is 5. The first-order chi connectivity index (χ1) is 9.74. The van der Waals surface area contributed by atoms with Crippen molar-refractivity contribution in [3.8, 4) is 0 Å². The number of nitrogens with two attached hydrogens (primary N) is 1. The number of aryl methyl sites for hydroxylation is 1. The van der Waals surface area contributed by atoms with Gasteiger partial charge in [-0.25, -0.2) is 0 Å². The maximum Gasteiger partial charge on any atom is 0.0718 e. The van der Waals surface area contributed by atoms with Crippen LogP contribution in [0.4, 0.5) is 0 Å². The molecule has 20 heavy (non-hydrogen) atoms. The van der Waals surface area contributed by atoms with Gasteiger partial charge in [-0.05, 0) is 24.8 Å². The fourth-order valence-corrected chi connectivity index (χ4v) is 3.54. The van der Waals surface area contributed by atoms with Crippen LogP contribution in [0.1, 0.15) is 44.2 Å². The predicted molar refractivity (Wildman–Crippen MR) is 83.6 cm³/mol. The molecule has 1 unspecified atom stereocenters. The van der Waals surface area contributed by atoms with Crippen molar-refractivity contribution in [2.24, 2.45) is 18.7 Å². The highest BCUT2D eigenvalue weighted by Crippen LogP contribution is 2.29. The third-order valence-electron chi connectivity index (χ3n) is 4.71. The molecule has 0 radical (unpaired) electrons. The molecule has 2 aromatic rings. The Kier molecular flexibility index (Phi) is 4.06. The highest BCUT2D eigenvalue weighted by atomic mass is 15.3. The number of nitrogens with zero attached hydrogens (tertiary/aromatic N) is 2. The van der Waals surface area contributed by atoms with Crippen molar-refractivity contribution in [2.75, 3.05) is 0 Å². The van der Waals surface area contributed by atoms with E-state index in [2.05, 4.69) is 29.4 Å². The van der Waals surface area contributed by atoms with Gasteiger partial charge in [-0.3, -0.25) is 4.68 Å². The van der Waals surface area contributed by atoms with Crippen LogP contribution < -0.4 is 5.73 Å². The summed E-state index contributed by atoms with van der Waals surface area (Å²) >= 11 is 0. The van der Waals surface area contributed by atoms with Crippen LogP contribution in [0.25, 0.3) is 10.9 Å². The Balaban J connectivity index is 1.63. The van der Waals surface area contributed by atoms with E-state index >= 15 is 0 Å². The van der Waals surface area contributed by atoms with Gasteiger partial charge in [-0.15, -0.1) is 0 Å². The summed E-state index contributed by atoms with van der Waals surface area (Å²) in [5.41, 5.74) is 8.69. The van der Waals surface area contributed by atoms with E-state index in [0.717, 1.165) is 24.5 Å². The molecule has 1 aliphatic rings. The lowest BCUT2D eigenvalue weighted by molar-refractivity contribution is 0.445. The standard InChI is InChI=1S/C17H25N3/c1-20-17-9-5-4-8-15(17)16(19-20)12-14(18)11-10-13-6-2-3-7-13/h4-5,8-9,13-14H,2-3,6-7,10-12,18H2,1H3. The van der Waals surface area contributed by atoms with E-state index in [4.69, 9.17) is 5.73 Å². The molecule has 3 heteroatoms. The predicted octanol–water partition coefficient (Wildman–Crippen LogP) is 3.41. The number of para-hydroxylation sites is 1. The summed E-state index contributed by atoms with van der Waals surface area (Å²) in [5.74, 6) is 0.932. The fraction of sp³-hybridized carbons (Fsp3) is 0.588. The monoisotopic (exact) mass is 271 g/mol. The largest absolute Gasteiger partial charge is 0.327 e. The molecule has 0 spiro atoms. The number of fused-ring (bicyclic) bond motifs is 1. The molecule has 1 atom stereocenters. The molecule has 1 heterocycles. The Hall–Kier alpha value is -1.35. The van der Waals surface area contributed by atoms with Gasteiger partial charge in [-0.1, -0.05) is 43.9 Å². The molecule has 0 aliphatic heterocycles. The summed E-state index contributed by atoms with van der Waals surface area (Å²) in [6.07, 6.45) is 9.00. The van der Waals surface area contributed by atoms with E-state index in [1.807, 2.05) is 11.7 Å². The molecule has 1 fully saturated rings. The van der Waals surface area contributed by atoms with Crippen LogP contribution in [-0.4, -0.2) is 15.8 Å². The highest BCUT2D eigenvalue weighted by Gasteiger charge is 2.17. The van der Waals surface area contributed by atoms with Crippen LogP contribution in [0, 0.1) is 5.92 Å². The fourth-order valence-electron chi connectivity index (χ4n) is 3.54. The van der Waals surface area contributed by atoms with Crippen LogP contribution >= 0.6 is 0 Å². The minimum Gasteiger partial charge on any atom is -0.327 e. The van der Waals surface area contributed by atoms with Gasteiger partial charge in [0.2, 0.25) is 0 Å². The molecule has 3 nitrogen and oxygen atoms in total. The Morgan fingerprint density at radius 1 is 1.30 bits per heavy atom. The molecule has 108 valence electrons. The van der Waals surface area contributed by atoms with E-state index in [9.17, 15) is 0 Å². The Bertz CT molecular complexity index is 567. The molecule has 1 saturated carbocycles. The van der Waals surface area contributed by atoms with Gasteiger partial charge in [0.1, 0.15) is 0 Å². The number of hydrogen-bond acceptors (Lipinski definition) is 2. The van der Waals surface area contributed by atoms with E-state index < -0.39 is 0 Å². The second-order valence-electron chi connectivity index (χ2n) is 6.28. The Labute approximate surface area is 121 Å².